The monoisotopic (exact) mass is 405 g/mol. The van der Waals surface area contributed by atoms with Gasteiger partial charge in [-0.25, -0.2) is 0 Å². The van der Waals surface area contributed by atoms with Crippen molar-refractivity contribution < 1.29 is 19.4 Å². The molecule has 0 spiro atoms. The van der Waals surface area contributed by atoms with Gasteiger partial charge in [0.1, 0.15) is 12.7 Å². The number of rotatable bonds is 8. The van der Waals surface area contributed by atoms with E-state index in [1.807, 2.05) is 17.0 Å². The Balaban J connectivity index is 1.54. The van der Waals surface area contributed by atoms with Gasteiger partial charge in [-0.15, -0.1) is 0 Å². The average molecular weight is 406 g/mol. The molecule has 29 heavy (non-hydrogen) atoms. The van der Waals surface area contributed by atoms with Gasteiger partial charge in [0.15, 0.2) is 11.5 Å². The molecular formula is C22H35N3O4. The van der Waals surface area contributed by atoms with Crippen molar-refractivity contribution in [3.63, 3.8) is 0 Å². The fourth-order valence-corrected chi connectivity index (χ4v) is 4.05. The number of carbonyl (C=O) groups excluding carboxylic acids is 1. The van der Waals surface area contributed by atoms with Gasteiger partial charge < -0.3 is 19.9 Å². The summed E-state index contributed by atoms with van der Waals surface area (Å²) in [5.41, 5.74) is 1.20. The van der Waals surface area contributed by atoms with Gasteiger partial charge in [-0.1, -0.05) is 25.3 Å². The molecule has 1 unspecified atom stereocenters. The zero-order valence-corrected chi connectivity index (χ0v) is 17.6. The van der Waals surface area contributed by atoms with E-state index in [1.54, 1.807) is 7.11 Å². The molecule has 2 aliphatic rings. The Labute approximate surface area is 174 Å². The van der Waals surface area contributed by atoms with Crippen molar-refractivity contribution in [3.8, 4) is 11.5 Å². The Morgan fingerprint density at radius 3 is 2.55 bits per heavy atom. The average Bonchev–Trinajstić information content (AvgIpc) is 2.68. The summed E-state index contributed by atoms with van der Waals surface area (Å²) in [7, 11) is 1.63. The maximum Gasteiger partial charge on any atom is 0.234 e. The number of amides is 1. The van der Waals surface area contributed by atoms with Crippen LogP contribution in [0.1, 0.15) is 37.7 Å². The summed E-state index contributed by atoms with van der Waals surface area (Å²) in [5, 5.41) is 13.1. The molecule has 0 aromatic heterocycles. The predicted molar refractivity (Wildman–Crippen MR) is 112 cm³/mol. The number of aliphatic hydroxyl groups is 1. The molecule has 1 amide bonds. The van der Waals surface area contributed by atoms with Gasteiger partial charge in [0.25, 0.3) is 0 Å². The number of aliphatic hydroxyl groups excluding tert-OH is 1. The number of β-amino-alcohol motifs (C(OH)–C–C–N with tert-alkyl or cyclic N) is 1. The number of nitrogens with zero attached hydrogens (tertiary/aromatic N) is 2. The van der Waals surface area contributed by atoms with Crippen LogP contribution in [-0.2, 0) is 11.3 Å². The van der Waals surface area contributed by atoms with Gasteiger partial charge in [-0.05, 0) is 43.6 Å². The Bertz CT molecular complexity index is 647. The first-order valence-electron chi connectivity index (χ1n) is 10.8. The number of carbonyl (C=O) groups is 1. The SMILES string of the molecule is COc1ccc(CN2CCCCCCC2)cc1OCC(O)CN1CCNC(=O)C1. The lowest BCUT2D eigenvalue weighted by Crippen LogP contribution is -2.50. The third-order valence-electron chi connectivity index (χ3n) is 5.60. The smallest absolute Gasteiger partial charge is 0.234 e. The zero-order chi connectivity index (χ0) is 20.5. The molecule has 2 saturated heterocycles. The second kappa shape index (κ2) is 11.4. The Kier molecular flexibility index (Phi) is 8.58. The van der Waals surface area contributed by atoms with Crippen molar-refractivity contribution in [3.05, 3.63) is 23.8 Å². The summed E-state index contributed by atoms with van der Waals surface area (Å²) in [4.78, 5) is 15.9. The summed E-state index contributed by atoms with van der Waals surface area (Å²) in [5.74, 6) is 1.33. The highest BCUT2D eigenvalue weighted by Gasteiger charge is 2.20. The molecule has 1 atom stereocenters. The Hall–Kier alpha value is -1.83. The zero-order valence-electron chi connectivity index (χ0n) is 17.6. The molecular weight excluding hydrogens is 370 g/mol. The van der Waals surface area contributed by atoms with Crippen LogP contribution in [0, 0.1) is 0 Å². The van der Waals surface area contributed by atoms with Crippen LogP contribution in [0.25, 0.3) is 0 Å². The van der Waals surface area contributed by atoms with E-state index in [2.05, 4.69) is 16.3 Å². The third kappa shape index (κ3) is 7.17. The summed E-state index contributed by atoms with van der Waals surface area (Å²) >= 11 is 0. The quantitative estimate of drug-likeness (QED) is 0.685. The molecule has 2 N–H and O–H groups in total. The van der Waals surface area contributed by atoms with E-state index in [-0.39, 0.29) is 12.5 Å². The second-order valence-electron chi connectivity index (χ2n) is 8.08. The van der Waals surface area contributed by atoms with Crippen LogP contribution >= 0.6 is 0 Å². The molecule has 7 nitrogen and oxygen atoms in total. The Morgan fingerprint density at radius 1 is 1.07 bits per heavy atom. The van der Waals surface area contributed by atoms with E-state index in [0.29, 0.717) is 31.1 Å². The number of likely N-dealkylation sites (tertiary alicyclic amines) is 1. The molecule has 0 bridgehead atoms. The van der Waals surface area contributed by atoms with Crippen LogP contribution in [0.15, 0.2) is 18.2 Å². The van der Waals surface area contributed by atoms with Crippen LogP contribution in [0.5, 0.6) is 11.5 Å². The highest BCUT2D eigenvalue weighted by atomic mass is 16.5. The number of piperazine rings is 1. The topological polar surface area (TPSA) is 74.3 Å². The van der Waals surface area contributed by atoms with Gasteiger partial charge in [0, 0.05) is 26.2 Å². The van der Waals surface area contributed by atoms with Gasteiger partial charge in [0.05, 0.1) is 13.7 Å². The predicted octanol–water partition coefficient (Wildman–Crippen LogP) is 1.63. The van der Waals surface area contributed by atoms with Crippen LogP contribution < -0.4 is 14.8 Å². The normalized spacial score (nSPS) is 20.4. The van der Waals surface area contributed by atoms with Crippen LogP contribution in [0.2, 0.25) is 0 Å². The minimum absolute atomic E-state index is 0.00274. The molecule has 2 aliphatic heterocycles. The van der Waals surface area contributed by atoms with Crippen molar-refractivity contribution in [1.82, 2.24) is 15.1 Å². The maximum atomic E-state index is 11.5. The molecule has 0 saturated carbocycles. The van der Waals surface area contributed by atoms with Gasteiger partial charge in [-0.3, -0.25) is 14.6 Å². The number of benzene rings is 1. The molecule has 2 heterocycles. The minimum Gasteiger partial charge on any atom is -0.493 e. The molecule has 1 aromatic rings. The van der Waals surface area contributed by atoms with Crippen molar-refractivity contribution in [2.45, 2.75) is 44.8 Å². The molecule has 1 aromatic carbocycles. The molecule has 0 radical (unpaired) electrons. The fraction of sp³-hybridized carbons (Fsp3) is 0.682. The summed E-state index contributed by atoms with van der Waals surface area (Å²) < 4.78 is 11.4. The summed E-state index contributed by atoms with van der Waals surface area (Å²) in [6, 6.07) is 6.06. The van der Waals surface area contributed by atoms with Crippen LogP contribution in [0.4, 0.5) is 0 Å². The first-order valence-corrected chi connectivity index (χ1v) is 10.8. The molecule has 7 heteroatoms. The van der Waals surface area contributed by atoms with Gasteiger partial charge >= 0.3 is 0 Å². The molecule has 162 valence electrons. The highest BCUT2D eigenvalue weighted by Crippen LogP contribution is 2.29. The lowest BCUT2D eigenvalue weighted by molar-refractivity contribution is -0.124. The van der Waals surface area contributed by atoms with Crippen LogP contribution in [-0.4, -0.2) is 79.9 Å². The molecule has 2 fully saturated rings. The second-order valence-corrected chi connectivity index (χ2v) is 8.08. The number of nitrogens with one attached hydrogen (secondary N) is 1. The standard InChI is InChI=1S/C22H35N3O4/c1-28-20-8-7-18(14-24-10-5-3-2-4-6-11-24)13-21(20)29-17-19(26)15-25-12-9-23-22(27)16-25/h7-8,13,19,26H,2-6,9-12,14-17H2,1H3,(H,23,27). The van der Waals surface area contributed by atoms with Gasteiger partial charge in [-0.2, -0.15) is 0 Å². The van der Waals surface area contributed by atoms with Gasteiger partial charge in [0.2, 0.25) is 5.91 Å². The third-order valence-corrected chi connectivity index (χ3v) is 5.60. The first-order chi connectivity index (χ1) is 14.1. The van der Waals surface area contributed by atoms with E-state index in [0.717, 1.165) is 26.2 Å². The van der Waals surface area contributed by atoms with Crippen molar-refractivity contribution in [1.29, 1.82) is 0 Å². The molecule has 0 aliphatic carbocycles. The summed E-state index contributed by atoms with van der Waals surface area (Å²) in [6.07, 6.45) is 5.87. The van der Waals surface area contributed by atoms with Crippen molar-refractivity contribution in [2.75, 3.05) is 53.0 Å². The van der Waals surface area contributed by atoms with Crippen molar-refractivity contribution >= 4 is 5.91 Å². The number of hydrogen-bond acceptors (Lipinski definition) is 6. The van der Waals surface area contributed by atoms with Crippen molar-refractivity contribution in [2.24, 2.45) is 0 Å². The lowest BCUT2D eigenvalue weighted by atomic mass is 10.1. The fourth-order valence-electron chi connectivity index (χ4n) is 4.05. The van der Waals surface area contributed by atoms with E-state index < -0.39 is 6.10 Å². The summed E-state index contributed by atoms with van der Waals surface area (Å²) in [6.45, 7) is 5.48. The highest BCUT2D eigenvalue weighted by molar-refractivity contribution is 5.78. The van der Waals surface area contributed by atoms with Crippen LogP contribution in [0.3, 0.4) is 0 Å². The molecule has 3 rings (SSSR count). The number of ether oxygens (including phenoxy) is 2. The lowest BCUT2D eigenvalue weighted by Gasteiger charge is -2.28. The first kappa shape index (κ1) is 21.9. The maximum absolute atomic E-state index is 11.5. The largest absolute Gasteiger partial charge is 0.493 e. The van der Waals surface area contributed by atoms with E-state index in [4.69, 9.17) is 9.47 Å². The van der Waals surface area contributed by atoms with E-state index >= 15 is 0 Å². The minimum atomic E-state index is -0.663. The number of methoxy groups -OCH3 is 1. The van der Waals surface area contributed by atoms with E-state index in [1.165, 1.54) is 37.7 Å². The Morgan fingerprint density at radius 2 is 1.83 bits per heavy atom. The van der Waals surface area contributed by atoms with E-state index in [9.17, 15) is 9.90 Å². The number of hydrogen-bond donors (Lipinski definition) is 2.